The monoisotopic (exact) mass is 433 g/mol. The summed E-state index contributed by atoms with van der Waals surface area (Å²) in [6.07, 6.45) is -2.40. The van der Waals surface area contributed by atoms with E-state index in [4.69, 9.17) is 4.74 Å². The first-order valence-electron chi connectivity index (χ1n) is 4.91. The molecule has 2 heterocycles. The van der Waals surface area contributed by atoms with Crippen molar-refractivity contribution in [2.24, 2.45) is 0 Å². The molecule has 2 rings (SSSR count). The molecule has 0 aliphatic carbocycles. The van der Waals surface area contributed by atoms with Gasteiger partial charge in [0.25, 0.3) is 0 Å². The second-order valence-electron chi connectivity index (χ2n) is 3.72. The number of hydrogen-bond acceptors (Lipinski definition) is 6. The van der Waals surface area contributed by atoms with Crippen LogP contribution in [0, 0.1) is 10.1 Å². The molecule has 0 bridgehead atoms. The van der Waals surface area contributed by atoms with Gasteiger partial charge in [-0.3, -0.25) is 4.57 Å². The summed E-state index contributed by atoms with van der Waals surface area (Å²) in [6, 6.07) is 0. The van der Waals surface area contributed by atoms with Gasteiger partial charge in [-0.25, -0.2) is 0 Å². The topological polar surface area (TPSA) is 111 Å². The van der Waals surface area contributed by atoms with Gasteiger partial charge in [-0.05, 0) is 25.8 Å². The van der Waals surface area contributed by atoms with Crippen molar-refractivity contribution < 1.29 is 19.9 Å². The van der Waals surface area contributed by atoms with Crippen LogP contribution < -0.4 is 0 Å². The number of aliphatic hydroxyl groups excluding tert-OH is 2. The summed E-state index contributed by atoms with van der Waals surface area (Å²) in [5, 5.41) is 30.3. The van der Waals surface area contributed by atoms with Gasteiger partial charge in [0.05, 0.1) is 6.10 Å². The SMILES string of the molecule is O=[N+]([O-])c1ncn([C@@H]2O[C@H](CI)[C@@H](O)[C@H]2O)c1Br. The molecule has 0 aromatic carbocycles. The van der Waals surface area contributed by atoms with E-state index in [1.165, 1.54) is 10.9 Å². The van der Waals surface area contributed by atoms with Crippen molar-refractivity contribution in [3.63, 3.8) is 0 Å². The molecule has 1 saturated heterocycles. The second-order valence-corrected chi connectivity index (χ2v) is 5.36. The molecule has 1 aliphatic rings. The number of nitrogens with zero attached hydrogens (tertiary/aromatic N) is 3. The van der Waals surface area contributed by atoms with Gasteiger partial charge in [-0.2, -0.15) is 0 Å². The maximum Gasteiger partial charge on any atom is 0.396 e. The molecule has 0 saturated carbocycles. The van der Waals surface area contributed by atoms with Crippen molar-refractivity contribution in [2.75, 3.05) is 4.43 Å². The summed E-state index contributed by atoms with van der Waals surface area (Å²) < 4.78 is 7.34. The van der Waals surface area contributed by atoms with E-state index < -0.39 is 29.5 Å². The van der Waals surface area contributed by atoms with Crippen molar-refractivity contribution in [3.8, 4) is 0 Å². The minimum atomic E-state index is -1.16. The van der Waals surface area contributed by atoms with E-state index in [0.717, 1.165) is 0 Å². The second kappa shape index (κ2) is 5.36. The summed E-state index contributed by atoms with van der Waals surface area (Å²) in [4.78, 5) is 13.6. The van der Waals surface area contributed by atoms with Crippen molar-refractivity contribution in [2.45, 2.75) is 24.5 Å². The molecule has 0 spiro atoms. The zero-order chi connectivity index (χ0) is 13.4. The molecule has 18 heavy (non-hydrogen) atoms. The highest BCUT2D eigenvalue weighted by Crippen LogP contribution is 2.35. The molecule has 1 aromatic rings. The summed E-state index contributed by atoms with van der Waals surface area (Å²) in [7, 11) is 0. The Labute approximate surface area is 123 Å². The van der Waals surface area contributed by atoms with Crippen LogP contribution >= 0.6 is 38.5 Å². The van der Waals surface area contributed by atoms with Crippen LogP contribution in [0.25, 0.3) is 0 Å². The Balaban J connectivity index is 2.30. The Hall–Kier alpha value is -0.300. The number of aliphatic hydroxyl groups is 2. The van der Waals surface area contributed by atoms with Crippen LogP contribution in [0.1, 0.15) is 6.23 Å². The molecule has 0 unspecified atom stereocenters. The lowest BCUT2D eigenvalue weighted by Gasteiger charge is -2.15. The van der Waals surface area contributed by atoms with Crippen molar-refractivity contribution in [1.29, 1.82) is 0 Å². The zero-order valence-electron chi connectivity index (χ0n) is 8.81. The van der Waals surface area contributed by atoms with Gasteiger partial charge in [0, 0.05) is 4.43 Å². The van der Waals surface area contributed by atoms with Gasteiger partial charge >= 0.3 is 5.82 Å². The van der Waals surface area contributed by atoms with Crippen LogP contribution in [0.2, 0.25) is 0 Å². The molecule has 1 aromatic heterocycles. The Morgan fingerprint density at radius 2 is 2.28 bits per heavy atom. The van der Waals surface area contributed by atoms with Crippen LogP contribution in [-0.4, -0.2) is 47.4 Å². The van der Waals surface area contributed by atoms with Crippen molar-refractivity contribution >= 4 is 44.3 Å². The molecule has 2 N–H and O–H groups in total. The van der Waals surface area contributed by atoms with E-state index in [1.54, 1.807) is 0 Å². The largest absolute Gasteiger partial charge is 0.396 e. The number of nitro groups is 1. The van der Waals surface area contributed by atoms with E-state index in [2.05, 4.69) is 20.9 Å². The average Bonchev–Trinajstić information content (AvgIpc) is 2.82. The lowest BCUT2D eigenvalue weighted by Crippen LogP contribution is -2.32. The highest BCUT2D eigenvalue weighted by Gasteiger charge is 2.44. The molecule has 0 amide bonds. The zero-order valence-corrected chi connectivity index (χ0v) is 12.6. The van der Waals surface area contributed by atoms with Gasteiger partial charge in [0.2, 0.25) is 6.33 Å². The minimum Gasteiger partial charge on any atom is -0.387 e. The average molecular weight is 434 g/mol. The van der Waals surface area contributed by atoms with E-state index in [9.17, 15) is 20.3 Å². The first-order valence-corrected chi connectivity index (χ1v) is 7.23. The molecule has 10 heteroatoms. The maximum absolute atomic E-state index is 10.7. The van der Waals surface area contributed by atoms with Gasteiger partial charge < -0.3 is 25.1 Å². The molecule has 8 nitrogen and oxygen atoms in total. The van der Waals surface area contributed by atoms with Crippen molar-refractivity contribution in [3.05, 3.63) is 21.0 Å². The first kappa shape index (κ1) is 14.1. The predicted molar refractivity (Wildman–Crippen MR) is 71.4 cm³/mol. The smallest absolute Gasteiger partial charge is 0.387 e. The molecule has 0 radical (unpaired) electrons. The molecule has 4 atom stereocenters. The van der Waals surface area contributed by atoms with Crippen LogP contribution in [-0.2, 0) is 4.74 Å². The number of halogens is 2. The standard InChI is InChI=1S/C8H9BrIN3O5/c9-6-7(13(16)17)11-2-12(6)8-5(15)4(14)3(1-10)18-8/h2-5,8,14-15H,1H2/t3-,4-,5-,8-/m1/s1. The Morgan fingerprint density at radius 3 is 2.72 bits per heavy atom. The fraction of sp³-hybridized carbons (Fsp3) is 0.625. The molecular weight excluding hydrogens is 425 g/mol. The van der Waals surface area contributed by atoms with E-state index >= 15 is 0 Å². The number of ether oxygens (including phenoxy) is 1. The Morgan fingerprint density at radius 1 is 1.61 bits per heavy atom. The van der Waals surface area contributed by atoms with Gasteiger partial charge in [-0.15, -0.1) is 0 Å². The van der Waals surface area contributed by atoms with Crippen LogP contribution in [0.15, 0.2) is 10.9 Å². The third-order valence-electron chi connectivity index (χ3n) is 2.65. The molecule has 100 valence electrons. The van der Waals surface area contributed by atoms with Crippen LogP contribution in [0.4, 0.5) is 5.82 Å². The summed E-state index contributed by atoms with van der Waals surface area (Å²) in [6.45, 7) is 0. The van der Waals surface area contributed by atoms with Crippen LogP contribution in [0.5, 0.6) is 0 Å². The highest BCUT2D eigenvalue weighted by molar-refractivity contribution is 14.1. The van der Waals surface area contributed by atoms with Gasteiger partial charge in [0.1, 0.15) is 12.2 Å². The number of alkyl halides is 1. The maximum atomic E-state index is 10.7. The quantitative estimate of drug-likeness (QED) is 0.312. The van der Waals surface area contributed by atoms with Crippen molar-refractivity contribution in [1.82, 2.24) is 9.55 Å². The van der Waals surface area contributed by atoms with Crippen LogP contribution in [0.3, 0.4) is 0 Å². The first-order chi connectivity index (χ1) is 8.47. The fourth-order valence-corrected chi connectivity index (χ4v) is 2.99. The molecule has 1 aliphatic heterocycles. The van der Waals surface area contributed by atoms with E-state index in [-0.39, 0.29) is 10.4 Å². The normalized spacial score (nSPS) is 31.8. The van der Waals surface area contributed by atoms with Gasteiger partial charge in [-0.1, -0.05) is 22.6 Å². The fourth-order valence-electron chi connectivity index (χ4n) is 1.72. The molecular formula is C8H9BrIN3O5. The third-order valence-corrected chi connectivity index (χ3v) is 4.28. The summed E-state index contributed by atoms with van der Waals surface area (Å²) in [5.74, 6) is -0.363. The lowest BCUT2D eigenvalue weighted by molar-refractivity contribution is -0.390. The third kappa shape index (κ3) is 2.27. The Bertz CT molecular complexity index is 470. The number of imidazole rings is 1. The summed E-state index contributed by atoms with van der Waals surface area (Å²) in [5.41, 5.74) is 0. The number of rotatable bonds is 3. The van der Waals surface area contributed by atoms with E-state index in [0.29, 0.717) is 4.43 Å². The lowest BCUT2D eigenvalue weighted by atomic mass is 10.1. The number of aromatic nitrogens is 2. The van der Waals surface area contributed by atoms with E-state index in [1.807, 2.05) is 22.6 Å². The minimum absolute atomic E-state index is 0.0952. The number of hydrogen-bond donors (Lipinski definition) is 2. The Kier molecular flexibility index (Phi) is 4.21. The highest BCUT2D eigenvalue weighted by atomic mass is 127. The van der Waals surface area contributed by atoms with Gasteiger partial charge in [0.15, 0.2) is 10.8 Å². The summed E-state index contributed by atoms with van der Waals surface area (Å²) >= 11 is 5.06. The molecule has 1 fully saturated rings. The predicted octanol–water partition coefficient (Wildman–Crippen LogP) is 0.608.